The van der Waals surface area contributed by atoms with Gasteiger partial charge in [-0.05, 0) is 75.5 Å². The third-order valence-electron chi connectivity index (χ3n) is 5.90. The number of hydrogen-bond acceptors (Lipinski definition) is 3. The Balaban J connectivity index is 1.27. The third-order valence-corrected chi connectivity index (χ3v) is 5.90. The summed E-state index contributed by atoms with van der Waals surface area (Å²) >= 11 is 0. The molecule has 1 fully saturated rings. The Bertz CT molecular complexity index is 949. The predicted molar refractivity (Wildman–Crippen MR) is 121 cm³/mol. The second-order valence-corrected chi connectivity index (χ2v) is 8.11. The number of likely N-dealkylation sites (tertiary alicyclic amines) is 1. The molecule has 1 unspecified atom stereocenters. The zero-order chi connectivity index (χ0) is 20.8. The van der Waals surface area contributed by atoms with Gasteiger partial charge in [0.05, 0.1) is 5.92 Å². The van der Waals surface area contributed by atoms with Gasteiger partial charge in [-0.15, -0.1) is 0 Å². The molecule has 1 atom stereocenters. The van der Waals surface area contributed by atoms with Crippen molar-refractivity contribution in [3.8, 4) is 5.69 Å². The van der Waals surface area contributed by atoms with Crippen LogP contribution in [0, 0.1) is 12.8 Å². The highest BCUT2D eigenvalue weighted by molar-refractivity contribution is 5.92. The maximum Gasteiger partial charge on any atom is 0.228 e. The van der Waals surface area contributed by atoms with E-state index in [0.717, 1.165) is 62.5 Å². The molecular weight excluding hydrogens is 372 g/mol. The van der Waals surface area contributed by atoms with E-state index in [1.165, 1.54) is 5.56 Å². The van der Waals surface area contributed by atoms with Gasteiger partial charge in [-0.3, -0.25) is 4.79 Å². The summed E-state index contributed by atoms with van der Waals surface area (Å²) in [6.45, 7) is 4.98. The maximum atomic E-state index is 12.8. The first-order valence-corrected chi connectivity index (χ1v) is 10.9. The number of rotatable bonds is 7. The number of nitrogens with zero attached hydrogens (tertiary/aromatic N) is 3. The molecule has 0 aliphatic carbocycles. The molecule has 1 aliphatic rings. The molecule has 3 aromatic rings. The molecule has 2 aromatic carbocycles. The average Bonchev–Trinajstić information content (AvgIpc) is 3.21. The molecule has 1 aliphatic heterocycles. The van der Waals surface area contributed by atoms with Crippen molar-refractivity contribution in [2.45, 2.75) is 32.6 Å². The Kier molecular flexibility index (Phi) is 6.60. The van der Waals surface area contributed by atoms with Gasteiger partial charge in [-0.2, -0.15) is 0 Å². The van der Waals surface area contributed by atoms with Crippen LogP contribution in [0.2, 0.25) is 0 Å². The summed E-state index contributed by atoms with van der Waals surface area (Å²) in [7, 11) is 0. The van der Waals surface area contributed by atoms with Crippen LogP contribution < -0.4 is 5.32 Å². The van der Waals surface area contributed by atoms with E-state index in [0.29, 0.717) is 0 Å². The van der Waals surface area contributed by atoms with Crippen molar-refractivity contribution in [1.29, 1.82) is 0 Å². The van der Waals surface area contributed by atoms with Gasteiger partial charge in [0, 0.05) is 30.3 Å². The number of nitrogens with one attached hydrogen (secondary N) is 1. The van der Waals surface area contributed by atoms with Crippen LogP contribution in [0.5, 0.6) is 0 Å². The van der Waals surface area contributed by atoms with E-state index < -0.39 is 0 Å². The first-order chi connectivity index (χ1) is 14.7. The molecule has 0 radical (unpaired) electrons. The van der Waals surface area contributed by atoms with E-state index in [-0.39, 0.29) is 11.8 Å². The lowest BCUT2D eigenvalue weighted by molar-refractivity contribution is -0.121. The lowest BCUT2D eigenvalue weighted by Crippen LogP contribution is -2.41. The first-order valence-electron chi connectivity index (χ1n) is 10.9. The van der Waals surface area contributed by atoms with Crippen LogP contribution >= 0.6 is 0 Å². The number of carbonyl (C=O) groups excluding carboxylic acids is 1. The molecule has 1 amide bonds. The molecule has 2 heterocycles. The van der Waals surface area contributed by atoms with Gasteiger partial charge in [0.2, 0.25) is 5.91 Å². The van der Waals surface area contributed by atoms with E-state index in [1.807, 2.05) is 42.0 Å². The SMILES string of the molecule is Cc1nccn1-c1ccc(NC(=O)C2CCCN(CCCc3ccccc3)C2)cc1. The average molecular weight is 403 g/mol. The van der Waals surface area contributed by atoms with Crippen LogP contribution in [0.1, 0.15) is 30.7 Å². The van der Waals surface area contributed by atoms with Crippen LogP contribution in [-0.4, -0.2) is 40.0 Å². The van der Waals surface area contributed by atoms with Gasteiger partial charge in [-0.25, -0.2) is 4.98 Å². The monoisotopic (exact) mass is 402 g/mol. The maximum absolute atomic E-state index is 12.8. The molecule has 1 N–H and O–H groups in total. The Morgan fingerprint density at radius 3 is 2.67 bits per heavy atom. The number of anilines is 1. The fourth-order valence-electron chi connectivity index (χ4n) is 4.22. The topological polar surface area (TPSA) is 50.2 Å². The molecular formula is C25H30N4O. The lowest BCUT2D eigenvalue weighted by Gasteiger charge is -2.32. The number of imidazole rings is 1. The normalized spacial score (nSPS) is 17.0. The number of benzene rings is 2. The van der Waals surface area contributed by atoms with E-state index in [1.54, 1.807) is 6.20 Å². The quantitative estimate of drug-likeness (QED) is 0.635. The van der Waals surface area contributed by atoms with E-state index in [2.05, 4.69) is 45.5 Å². The van der Waals surface area contributed by atoms with Crippen molar-refractivity contribution < 1.29 is 4.79 Å². The van der Waals surface area contributed by atoms with Crippen molar-refractivity contribution in [3.05, 3.63) is 78.4 Å². The van der Waals surface area contributed by atoms with Gasteiger partial charge in [0.25, 0.3) is 0 Å². The van der Waals surface area contributed by atoms with Crippen LogP contribution in [-0.2, 0) is 11.2 Å². The zero-order valence-electron chi connectivity index (χ0n) is 17.6. The van der Waals surface area contributed by atoms with Crippen molar-refractivity contribution in [3.63, 3.8) is 0 Å². The summed E-state index contributed by atoms with van der Waals surface area (Å²) in [5.41, 5.74) is 3.28. The van der Waals surface area contributed by atoms with Crippen LogP contribution in [0.15, 0.2) is 67.0 Å². The minimum absolute atomic E-state index is 0.0612. The Hall–Kier alpha value is -2.92. The Labute approximate surface area is 178 Å². The number of piperidine rings is 1. The number of carbonyl (C=O) groups is 1. The van der Waals surface area contributed by atoms with Gasteiger partial charge in [0.1, 0.15) is 5.82 Å². The third kappa shape index (κ3) is 5.16. The molecule has 0 bridgehead atoms. The number of aryl methyl sites for hydroxylation is 2. The fourth-order valence-corrected chi connectivity index (χ4v) is 4.22. The van der Waals surface area contributed by atoms with Crippen LogP contribution in [0.4, 0.5) is 5.69 Å². The highest BCUT2D eigenvalue weighted by atomic mass is 16.1. The Morgan fingerprint density at radius 1 is 1.13 bits per heavy atom. The smallest absolute Gasteiger partial charge is 0.228 e. The summed E-state index contributed by atoms with van der Waals surface area (Å²) in [5.74, 6) is 1.14. The van der Waals surface area contributed by atoms with E-state index in [4.69, 9.17) is 0 Å². The van der Waals surface area contributed by atoms with Crippen molar-refractivity contribution in [2.75, 3.05) is 25.0 Å². The number of aromatic nitrogens is 2. The van der Waals surface area contributed by atoms with E-state index in [9.17, 15) is 4.79 Å². The number of hydrogen-bond donors (Lipinski definition) is 1. The van der Waals surface area contributed by atoms with Crippen molar-refractivity contribution in [1.82, 2.24) is 14.5 Å². The largest absolute Gasteiger partial charge is 0.326 e. The molecule has 0 saturated carbocycles. The fraction of sp³-hybridized carbons (Fsp3) is 0.360. The lowest BCUT2D eigenvalue weighted by atomic mass is 9.96. The molecule has 156 valence electrons. The predicted octanol–water partition coefficient (Wildman–Crippen LogP) is 4.46. The highest BCUT2D eigenvalue weighted by Crippen LogP contribution is 2.20. The standard InChI is InChI=1S/C25H30N4O/c1-20-26-15-18-29(20)24-13-11-23(12-14-24)27-25(30)22-10-6-17-28(19-22)16-5-9-21-7-3-2-4-8-21/h2-4,7-8,11-15,18,22H,5-6,9-10,16-17,19H2,1H3,(H,27,30). The molecule has 1 saturated heterocycles. The van der Waals surface area contributed by atoms with Crippen LogP contribution in [0.25, 0.3) is 5.69 Å². The molecule has 0 spiro atoms. The van der Waals surface area contributed by atoms with Crippen molar-refractivity contribution in [2.24, 2.45) is 5.92 Å². The second-order valence-electron chi connectivity index (χ2n) is 8.11. The summed E-state index contributed by atoms with van der Waals surface area (Å²) in [5, 5.41) is 3.11. The minimum Gasteiger partial charge on any atom is -0.326 e. The molecule has 5 heteroatoms. The zero-order valence-corrected chi connectivity index (χ0v) is 17.6. The molecule has 1 aromatic heterocycles. The van der Waals surface area contributed by atoms with Gasteiger partial charge < -0.3 is 14.8 Å². The molecule has 5 nitrogen and oxygen atoms in total. The van der Waals surface area contributed by atoms with Crippen molar-refractivity contribution >= 4 is 11.6 Å². The van der Waals surface area contributed by atoms with Gasteiger partial charge in [-0.1, -0.05) is 30.3 Å². The second kappa shape index (κ2) is 9.72. The summed E-state index contributed by atoms with van der Waals surface area (Å²) in [6.07, 6.45) is 8.01. The first kappa shape index (κ1) is 20.4. The van der Waals surface area contributed by atoms with E-state index >= 15 is 0 Å². The highest BCUT2D eigenvalue weighted by Gasteiger charge is 2.25. The molecule has 30 heavy (non-hydrogen) atoms. The summed E-state index contributed by atoms with van der Waals surface area (Å²) in [6, 6.07) is 18.6. The van der Waals surface area contributed by atoms with Gasteiger partial charge in [0.15, 0.2) is 0 Å². The summed E-state index contributed by atoms with van der Waals surface area (Å²) in [4.78, 5) is 19.5. The molecule has 4 rings (SSSR count). The van der Waals surface area contributed by atoms with Gasteiger partial charge >= 0.3 is 0 Å². The Morgan fingerprint density at radius 2 is 1.93 bits per heavy atom. The summed E-state index contributed by atoms with van der Waals surface area (Å²) < 4.78 is 2.03. The minimum atomic E-state index is 0.0612. The number of amides is 1. The van der Waals surface area contributed by atoms with Crippen LogP contribution in [0.3, 0.4) is 0 Å².